The Labute approximate surface area is 81.1 Å². The molecule has 0 aliphatic carbocycles. The number of aromatic amines is 1. The fourth-order valence-electron chi connectivity index (χ4n) is 1.25. The highest BCUT2D eigenvalue weighted by Crippen LogP contribution is 2.25. The lowest BCUT2D eigenvalue weighted by Crippen LogP contribution is -1.92. The molecule has 0 spiro atoms. The summed E-state index contributed by atoms with van der Waals surface area (Å²) < 4.78 is 5.46. The van der Waals surface area contributed by atoms with Crippen LogP contribution in [0.1, 0.15) is 11.1 Å². The third kappa shape index (κ3) is 1.56. The molecule has 0 amide bonds. The average molecular weight is 190 g/mol. The fraction of sp³-hybridized carbons (Fsp3) is 0.222. The van der Waals surface area contributed by atoms with Crippen LogP contribution in [0.5, 0.6) is 11.8 Å². The van der Waals surface area contributed by atoms with E-state index < -0.39 is 0 Å². The lowest BCUT2D eigenvalue weighted by atomic mass is 10.1. The number of aromatic nitrogens is 4. The van der Waals surface area contributed by atoms with Gasteiger partial charge in [0.15, 0.2) is 0 Å². The molecule has 5 nitrogen and oxygen atoms in total. The molecule has 0 atom stereocenters. The van der Waals surface area contributed by atoms with E-state index in [1.165, 1.54) is 0 Å². The predicted octanol–water partition coefficient (Wildman–Crippen LogP) is 1.61. The van der Waals surface area contributed by atoms with Crippen molar-refractivity contribution in [1.29, 1.82) is 0 Å². The second-order valence-corrected chi connectivity index (χ2v) is 3.02. The van der Waals surface area contributed by atoms with Gasteiger partial charge in [0.25, 0.3) is 0 Å². The van der Waals surface area contributed by atoms with Crippen LogP contribution in [0.4, 0.5) is 0 Å². The standard InChI is InChI=1S/C9H10N4O/c1-6-4-3-5-7(2)8(6)14-9-10-12-13-11-9/h3-5H,1-2H3,(H,10,11,12,13). The number of tetrazole rings is 1. The largest absolute Gasteiger partial charge is 0.422 e. The maximum Gasteiger partial charge on any atom is 0.361 e. The molecule has 1 aromatic carbocycles. The zero-order chi connectivity index (χ0) is 9.97. The highest BCUT2D eigenvalue weighted by atomic mass is 16.5. The summed E-state index contributed by atoms with van der Waals surface area (Å²) in [7, 11) is 0. The van der Waals surface area contributed by atoms with Crippen LogP contribution in [0, 0.1) is 13.8 Å². The molecule has 2 rings (SSSR count). The van der Waals surface area contributed by atoms with E-state index in [1.54, 1.807) is 0 Å². The van der Waals surface area contributed by atoms with Crippen molar-refractivity contribution in [2.75, 3.05) is 0 Å². The highest BCUT2D eigenvalue weighted by molar-refractivity contribution is 5.40. The number of H-pyrrole nitrogens is 1. The molecule has 1 aromatic heterocycles. The van der Waals surface area contributed by atoms with Gasteiger partial charge in [0.2, 0.25) is 0 Å². The fourth-order valence-corrected chi connectivity index (χ4v) is 1.25. The molecule has 0 saturated carbocycles. The third-order valence-electron chi connectivity index (χ3n) is 1.93. The Morgan fingerprint density at radius 3 is 2.50 bits per heavy atom. The molecular weight excluding hydrogens is 180 g/mol. The Balaban J connectivity index is 2.33. The lowest BCUT2D eigenvalue weighted by Gasteiger charge is -2.07. The van der Waals surface area contributed by atoms with E-state index in [9.17, 15) is 0 Å². The SMILES string of the molecule is Cc1cccc(C)c1Oc1nn[nH]n1. The van der Waals surface area contributed by atoms with Crippen LogP contribution >= 0.6 is 0 Å². The van der Waals surface area contributed by atoms with E-state index >= 15 is 0 Å². The van der Waals surface area contributed by atoms with E-state index in [1.807, 2.05) is 32.0 Å². The van der Waals surface area contributed by atoms with E-state index in [2.05, 4.69) is 20.6 Å². The number of hydrogen-bond acceptors (Lipinski definition) is 4. The summed E-state index contributed by atoms with van der Waals surface area (Å²) in [6, 6.07) is 6.17. The number of nitrogens with zero attached hydrogens (tertiary/aromatic N) is 3. The monoisotopic (exact) mass is 190 g/mol. The van der Waals surface area contributed by atoms with Crippen molar-refractivity contribution in [3.05, 3.63) is 29.3 Å². The van der Waals surface area contributed by atoms with Gasteiger partial charge in [-0.05, 0) is 30.2 Å². The zero-order valence-electron chi connectivity index (χ0n) is 7.98. The minimum atomic E-state index is 0.238. The van der Waals surface area contributed by atoms with Crippen LogP contribution in [0.15, 0.2) is 18.2 Å². The van der Waals surface area contributed by atoms with Crippen molar-refractivity contribution in [2.45, 2.75) is 13.8 Å². The first-order valence-corrected chi connectivity index (χ1v) is 4.25. The van der Waals surface area contributed by atoms with Crippen molar-refractivity contribution >= 4 is 0 Å². The van der Waals surface area contributed by atoms with Crippen molar-refractivity contribution in [1.82, 2.24) is 20.6 Å². The normalized spacial score (nSPS) is 10.1. The third-order valence-corrected chi connectivity index (χ3v) is 1.93. The number of ether oxygens (including phenoxy) is 1. The molecule has 0 aliphatic rings. The van der Waals surface area contributed by atoms with Gasteiger partial charge in [-0.25, -0.2) is 0 Å². The highest BCUT2D eigenvalue weighted by Gasteiger charge is 2.06. The Morgan fingerprint density at radius 2 is 1.93 bits per heavy atom. The molecule has 1 N–H and O–H groups in total. The van der Waals surface area contributed by atoms with E-state index in [4.69, 9.17) is 4.74 Å². The summed E-state index contributed by atoms with van der Waals surface area (Å²) in [5.74, 6) is 0.786. The van der Waals surface area contributed by atoms with E-state index in [0.29, 0.717) is 0 Å². The Morgan fingerprint density at radius 1 is 1.21 bits per heavy atom. The summed E-state index contributed by atoms with van der Waals surface area (Å²) in [6.07, 6.45) is 0. The molecular formula is C9H10N4O. The first-order valence-electron chi connectivity index (χ1n) is 4.25. The minimum Gasteiger partial charge on any atom is -0.422 e. The van der Waals surface area contributed by atoms with Gasteiger partial charge in [0.1, 0.15) is 5.75 Å². The Hall–Kier alpha value is -1.91. The second kappa shape index (κ2) is 3.45. The lowest BCUT2D eigenvalue weighted by molar-refractivity contribution is 0.436. The molecule has 0 fully saturated rings. The van der Waals surface area contributed by atoms with Gasteiger partial charge in [0, 0.05) is 0 Å². The molecule has 0 bridgehead atoms. The molecule has 0 saturated heterocycles. The van der Waals surface area contributed by atoms with E-state index in [0.717, 1.165) is 16.9 Å². The zero-order valence-corrected chi connectivity index (χ0v) is 7.98. The van der Waals surface area contributed by atoms with Gasteiger partial charge in [-0.15, -0.1) is 0 Å². The van der Waals surface area contributed by atoms with Gasteiger partial charge in [-0.2, -0.15) is 5.21 Å². The van der Waals surface area contributed by atoms with Crippen LogP contribution in [-0.4, -0.2) is 20.6 Å². The van der Waals surface area contributed by atoms with Gasteiger partial charge in [-0.3, -0.25) is 0 Å². The molecule has 0 radical (unpaired) electrons. The number of rotatable bonds is 2. The molecule has 0 aliphatic heterocycles. The van der Waals surface area contributed by atoms with Crippen molar-refractivity contribution in [2.24, 2.45) is 0 Å². The van der Waals surface area contributed by atoms with Crippen molar-refractivity contribution in [3.63, 3.8) is 0 Å². The van der Waals surface area contributed by atoms with Crippen LogP contribution in [0.2, 0.25) is 0 Å². The van der Waals surface area contributed by atoms with Gasteiger partial charge < -0.3 is 4.74 Å². The number of benzene rings is 1. The second-order valence-electron chi connectivity index (χ2n) is 3.02. The van der Waals surface area contributed by atoms with E-state index in [-0.39, 0.29) is 6.01 Å². The Kier molecular flexibility index (Phi) is 2.14. The molecule has 0 unspecified atom stereocenters. The summed E-state index contributed by atoms with van der Waals surface area (Å²) >= 11 is 0. The summed E-state index contributed by atoms with van der Waals surface area (Å²) in [4.78, 5) is 0. The first kappa shape index (κ1) is 8.68. The summed E-state index contributed by atoms with van der Waals surface area (Å²) in [6.45, 7) is 3.95. The molecule has 1 heterocycles. The Bertz CT molecular complexity index is 404. The average Bonchev–Trinajstić information content (AvgIpc) is 2.64. The van der Waals surface area contributed by atoms with Crippen molar-refractivity contribution in [3.8, 4) is 11.8 Å². The van der Waals surface area contributed by atoms with Crippen molar-refractivity contribution < 1.29 is 4.74 Å². The maximum atomic E-state index is 5.46. The first-order chi connectivity index (χ1) is 6.77. The summed E-state index contributed by atoms with van der Waals surface area (Å²) in [5.41, 5.74) is 2.10. The minimum absolute atomic E-state index is 0.238. The van der Waals surface area contributed by atoms with Gasteiger partial charge in [-0.1, -0.05) is 28.4 Å². The van der Waals surface area contributed by atoms with Crippen LogP contribution in [0.3, 0.4) is 0 Å². The van der Waals surface area contributed by atoms with Crippen LogP contribution < -0.4 is 4.74 Å². The van der Waals surface area contributed by atoms with Gasteiger partial charge >= 0.3 is 6.01 Å². The van der Waals surface area contributed by atoms with Gasteiger partial charge in [0.05, 0.1) is 0 Å². The molecule has 72 valence electrons. The maximum absolute atomic E-state index is 5.46. The van der Waals surface area contributed by atoms with Crippen LogP contribution in [-0.2, 0) is 0 Å². The number of aryl methyl sites for hydroxylation is 2. The smallest absolute Gasteiger partial charge is 0.361 e. The number of hydrogen-bond donors (Lipinski definition) is 1. The molecule has 14 heavy (non-hydrogen) atoms. The summed E-state index contributed by atoms with van der Waals surface area (Å²) in [5, 5.41) is 13.2. The predicted molar refractivity (Wildman–Crippen MR) is 50.2 cm³/mol. The van der Waals surface area contributed by atoms with Crippen LogP contribution in [0.25, 0.3) is 0 Å². The topological polar surface area (TPSA) is 63.7 Å². The molecule has 5 heteroatoms. The number of nitrogens with one attached hydrogen (secondary N) is 1. The molecule has 2 aromatic rings. The number of para-hydroxylation sites is 1. The quantitative estimate of drug-likeness (QED) is 0.781.